The van der Waals surface area contributed by atoms with Crippen molar-refractivity contribution >= 4 is 11.8 Å². The van der Waals surface area contributed by atoms with E-state index in [2.05, 4.69) is 11.4 Å². The van der Waals surface area contributed by atoms with Gasteiger partial charge in [0, 0.05) is 32.5 Å². The number of rotatable bonds is 7. The zero-order valence-corrected chi connectivity index (χ0v) is 12.5. The molecule has 0 aromatic heterocycles. The first-order chi connectivity index (χ1) is 9.66. The predicted octanol–water partition coefficient (Wildman–Crippen LogP) is 2.39. The third kappa shape index (κ3) is 4.99. The van der Waals surface area contributed by atoms with Crippen LogP contribution in [0.2, 0.25) is 0 Å². The molecule has 0 radical (unpaired) electrons. The summed E-state index contributed by atoms with van der Waals surface area (Å²) in [5, 5.41) is 2.97. The maximum atomic E-state index is 11.8. The minimum Gasteiger partial charge on any atom is -0.356 e. The summed E-state index contributed by atoms with van der Waals surface area (Å²) in [5.74, 6) is 0.154. The minimum atomic E-state index is 0.0632. The molecular formula is C16H26N2O2. The van der Waals surface area contributed by atoms with Crippen LogP contribution in [-0.4, -0.2) is 35.8 Å². The van der Waals surface area contributed by atoms with Crippen LogP contribution in [0.1, 0.15) is 58.3 Å². The van der Waals surface area contributed by atoms with Crippen molar-refractivity contribution in [1.82, 2.24) is 10.2 Å². The van der Waals surface area contributed by atoms with Gasteiger partial charge in [-0.25, -0.2) is 0 Å². The molecule has 2 rings (SSSR count). The number of hydrogen-bond donors (Lipinski definition) is 1. The Kier molecular flexibility index (Phi) is 5.62. The second-order valence-electron chi connectivity index (χ2n) is 5.90. The van der Waals surface area contributed by atoms with Gasteiger partial charge in [-0.05, 0) is 44.9 Å². The first kappa shape index (κ1) is 15.1. The molecule has 20 heavy (non-hydrogen) atoms. The highest BCUT2D eigenvalue weighted by Gasteiger charge is 2.30. The van der Waals surface area contributed by atoms with Crippen molar-refractivity contribution < 1.29 is 9.59 Å². The first-order valence-corrected chi connectivity index (χ1v) is 7.88. The quantitative estimate of drug-likeness (QED) is 0.727. The van der Waals surface area contributed by atoms with Gasteiger partial charge in [0.1, 0.15) is 0 Å². The number of hydrogen-bond acceptors (Lipinski definition) is 2. The lowest BCUT2D eigenvalue weighted by Gasteiger charge is -2.20. The first-order valence-electron chi connectivity index (χ1n) is 7.88. The molecule has 0 spiro atoms. The molecule has 4 nitrogen and oxygen atoms in total. The van der Waals surface area contributed by atoms with Gasteiger partial charge in [0.25, 0.3) is 0 Å². The van der Waals surface area contributed by atoms with Crippen LogP contribution in [0.4, 0.5) is 0 Å². The van der Waals surface area contributed by atoms with Crippen LogP contribution in [0.3, 0.4) is 0 Å². The summed E-state index contributed by atoms with van der Waals surface area (Å²) in [5.41, 5.74) is 1.49. The van der Waals surface area contributed by atoms with Gasteiger partial charge in [0.2, 0.25) is 11.8 Å². The van der Waals surface area contributed by atoms with E-state index >= 15 is 0 Å². The van der Waals surface area contributed by atoms with E-state index in [1.807, 2.05) is 4.90 Å². The van der Waals surface area contributed by atoms with E-state index in [4.69, 9.17) is 0 Å². The Morgan fingerprint density at radius 1 is 1.35 bits per heavy atom. The molecule has 0 aromatic carbocycles. The van der Waals surface area contributed by atoms with Crippen LogP contribution in [0.25, 0.3) is 0 Å². The maximum Gasteiger partial charge on any atom is 0.221 e. The Morgan fingerprint density at radius 3 is 2.75 bits per heavy atom. The summed E-state index contributed by atoms with van der Waals surface area (Å²) in [6, 6.07) is 0.396. The Morgan fingerprint density at radius 2 is 2.15 bits per heavy atom. The van der Waals surface area contributed by atoms with E-state index in [9.17, 15) is 9.59 Å². The van der Waals surface area contributed by atoms with Crippen molar-refractivity contribution in [2.45, 2.75) is 64.3 Å². The van der Waals surface area contributed by atoms with Crippen molar-refractivity contribution in [3.05, 3.63) is 11.6 Å². The van der Waals surface area contributed by atoms with Crippen molar-refractivity contribution in [3.8, 4) is 0 Å². The van der Waals surface area contributed by atoms with Gasteiger partial charge in [-0.15, -0.1) is 0 Å². The van der Waals surface area contributed by atoms with Crippen LogP contribution in [-0.2, 0) is 9.59 Å². The lowest BCUT2D eigenvalue weighted by atomic mass is 9.97. The molecule has 1 N–H and O–H groups in total. The Labute approximate surface area is 121 Å². The zero-order valence-electron chi connectivity index (χ0n) is 12.5. The van der Waals surface area contributed by atoms with E-state index in [0.717, 1.165) is 25.8 Å². The lowest BCUT2D eigenvalue weighted by molar-refractivity contribution is -0.130. The van der Waals surface area contributed by atoms with Gasteiger partial charge in [0.15, 0.2) is 0 Å². The number of amides is 2. The minimum absolute atomic E-state index is 0.0632. The molecular weight excluding hydrogens is 252 g/mol. The van der Waals surface area contributed by atoms with Crippen molar-refractivity contribution in [1.29, 1.82) is 0 Å². The summed E-state index contributed by atoms with van der Waals surface area (Å²) >= 11 is 0. The summed E-state index contributed by atoms with van der Waals surface area (Å²) in [4.78, 5) is 25.1. The average molecular weight is 278 g/mol. The number of carbonyl (C=O) groups is 2. The van der Waals surface area contributed by atoms with Crippen LogP contribution in [0.15, 0.2) is 11.6 Å². The standard InChI is InChI=1S/C16H26N2O2/c1-13(19)18(15-7-8-15)12-10-16(20)17-11-9-14-5-3-2-4-6-14/h5,15H,2-4,6-12H2,1H3,(H,17,20). The van der Waals surface area contributed by atoms with Gasteiger partial charge in [0.05, 0.1) is 0 Å². The molecule has 112 valence electrons. The van der Waals surface area contributed by atoms with Crippen LogP contribution in [0.5, 0.6) is 0 Å². The highest BCUT2D eigenvalue weighted by Crippen LogP contribution is 2.26. The largest absolute Gasteiger partial charge is 0.356 e. The fraction of sp³-hybridized carbons (Fsp3) is 0.750. The molecule has 0 atom stereocenters. The molecule has 2 aliphatic rings. The van der Waals surface area contributed by atoms with Crippen LogP contribution < -0.4 is 5.32 Å². The lowest BCUT2D eigenvalue weighted by Crippen LogP contribution is -2.35. The van der Waals surface area contributed by atoms with Crippen LogP contribution >= 0.6 is 0 Å². The molecule has 4 heteroatoms. The summed E-state index contributed by atoms with van der Waals surface area (Å²) in [6.45, 7) is 2.88. The van der Waals surface area contributed by atoms with E-state index < -0.39 is 0 Å². The SMILES string of the molecule is CC(=O)N(CCC(=O)NCCC1=CCCCC1)C1CC1. The van der Waals surface area contributed by atoms with E-state index in [1.165, 1.54) is 31.3 Å². The van der Waals surface area contributed by atoms with Gasteiger partial charge >= 0.3 is 0 Å². The molecule has 1 fully saturated rings. The second kappa shape index (κ2) is 7.46. The Hall–Kier alpha value is -1.32. The number of nitrogens with one attached hydrogen (secondary N) is 1. The number of nitrogens with zero attached hydrogens (tertiary/aromatic N) is 1. The summed E-state index contributed by atoms with van der Waals surface area (Å²) < 4.78 is 0. The molecule has 1 saturated carbocycles. The van der Waals surface area contributed by atoms with Crippen molar-refractivity contribution in [3.63, 3.8) is 0 Å². The molecule has 0 aromatic rings. The highest BCUT2D eigenvalue weighted by atomic mass is 16.2. The molecule has 0 unspecified atom stereocenters. The number of allylic oxidation sites excluding steroid dienone is 1. The fourth-order valence-corrected chi connectivity index (χ4v) is 2.79. The van der Waals surface area contributed by atoms with Gasteiger partial charge in [-0.1, -0.05) is 11.6 Å². The monoisotopic (exact) mass is 278 g/mol. The smallest absolute Gasteiger partial charge is 0.221 e. The molecule has 2 amide bonds. The van der Waals surface area contributed by atoms with E-state index in [1.54, 1.807) is 6.92 Å². The van der Waals surface area contributed by atoms with Gasteiger partial charge < -0.3 is 10.2 Å². The molecule has 0 saturated heterocycles. The topological polar surface area (TPSA) is 49.4 Å². The van der Waals surface area contributed by atoms with Crippen molar-refractivity contribution in [2.75, 3.05) is 13.1 Å². The van der Waals surface area contributed by atoms with Crippen LogP contribution in [0, 0.1) is 0 Å². The predicted molar refractivity (Wildman–Crippen MR) is 79.2 cm³/mol. The third-order valence-corrected chi connectivity index (χ3v) is 4.13. The normalized spacial score (nSPS) is 18.4. The molecule has 0 bridgehead atoms. The van der Waals surface area contributed by atoms with E-state index in [0.29, 0.717) is 19.0 Å². The number of carbonyl (C=O) groups excluding carboxylic acids is 2. The second-order valence-corrected chi connectivity index (χ2v) is 5.90. The zero-order chi connectivity index (χ0) is 14.4. The molecule has 0 aliphatic heterocycles. The summed E-state index contributed by atoms with van der Waals surface area (Å²) in [7, 11) is 0. The summed E-state index contributed by atoms with van der Waals surface area (Å²) in [6.07, 6.45) is 10.9. The Bertz CT molecular complexity index is 386. The van der Waals surface area contributed by atoms with Gasteiger partial charge in [-0.3, -0.25) is 9.59 Å². The Balaban J connectivity index is 1.60. The highest BCUT2D eigenvalue weighted by molar-refractivity contribution is 5.78. The fourth-order valence-electron chi connectivity index (χ4n) is 2.79. The molecule has 2 aliphatic carbocycles. The molecule has 0 heterocycles. The van der Waals surface area contributed by atoms with Crippen molar-refractivity contribution in [2.24, 2.45) is 0 Å². The maximum absolute atomic E-state index is 11.8. The van der Waals surface area contributed by atoms with E-state index in [-0.39, 0.29) is 11.8 Å². The average Bonchev–Trinajstić information content (AvgIpc) is 3.24. The third-order valence-electron chi connectivity index (χ3n) is 4.13. The van der Waals surface area contributed by atoms with Gasteiger partial charge in [-0.2, -0.15) is 0 Å².